The first-order chi connectivity index (χ1) is 12.6. The van der Waals surface area contributed by atoms with Gasteiger partial charge in [-0.15, -0.1) is 0 Å². The van der Waals surface area contributed by atoms with E-state index in [1.165, 1.54) is 0 Å². The van der Waals surface area contributed by atoms with E-state index >= 15 is 0 Å². The van der Waals surface area contributed by atoms with Gasteiger partial charge in [-0.3, -0.25) is 9.79 Å². The molecule has 1 amide bonds. The van der Waals surface area contributed by atoms with E-state index in [0.29, 0.717) is 11.5 Å². The molecule has 26 heavy (non-hydrogen) atoms. The minimum absolute atomic E-state index is 0.113. The molecule has 2 aromatic carbocycles. The Hall–Kier alpha value is -2.79. The van der Waals surface area contributed by atoms with Gasteiger partial charge in [-0.05, 0) is 55.3 Å². The lowest BCUT2D eigenvalue weighted by molar-refractivity contribution is 0.102. The summed E-state index contributed by atoms with van der Waals surface area (Å²) in [6.07, 6.45) is 1.92. The molecule has 1 heterocycles. The SMILES string of the molecule is CC1=NC(c2ccc(NC(=O)c3cccc(C4CC4N)c3)cc2)=NCC1. The van der Waals surface area contributed by atoms with Crippen molar-refractivity contribution in [3.63, 3.8) is 0 Å². The van der Waals surface area contributed by atoms with Crippen molar-refractivity contribution in [1.82, 2.24) is 0 Å². The Morgan fingerprint density at radius 1 is 1.19 bits per heavy atom. The number of anilines is 1. The van der Waals surface area contributed by atoms with Crippen molar-refractivity contribution in [2.24, 2.45) is 15.7 Å². The number of hydrogen-bond donors (Lipinski definition) is 2. The Labute approximate surface area is 153 Å². The molecule has 2 atom stereocenters. The topological polar surface area (TPSA) is 79.8 Å². The third kappa shape index (κ3) is 3.58. The molecule has 4 rings (SSSR count). The molecule has 0 saturated heterocycles. The third-order valence-electron chi connectivity index (χ3n) is 4.85. The van der Waals surface area contributed by atoms with Crippen molar-refractivity contribution in [3.8, 4) is 0 Å². The van der Waals surface area contributed by atoms with Crippen LogP contribution in [0.4, 0.5) is 5.69 Å². The number of aliphatic imine (C=N–C) groups is 2. The normalized spacial score (nSPS) is 21.6. The minimum atomic E-state index is -0.113. The zero-order valence-corrected chi connectivity index (χ0v) is 14.8. The van der Waals surface area contributed by atoms with Crippen LogP contribution in [0, 0.1) is 0 Å². The molecule has 1 fully saturated rings. The number of amidine groups is 1. The molecule has 1 saturated carbocycles. The van der Waals surface area contributed by atoms with Crippen LogP contribution in [-0.2, 0) is 0 Å². The maximum absolute atomic E-state index is 12.5. The molecular formula is C21H22N4O. The highest BCUT2D eigenvalue weighted by molar-refractivity contribution is 6.08. The van der Waals surface area contributed by atoms with Crippen molar-refractivity contribution < 1.29 is 4.79 Å². The van der Waals surface area contributed by atoms with E-state index in [0.717, 1.165) is 47.7 Å². The number of benzene rings is 2. The average Bonchev–Trinajstić information content (AvgIpc) is 3.39. The lowest BCUT2D eigenvalue weighted by atomic mass is 10.1. The molecule has 2 aromatic rings. The van der Waals surface area contributed by atoms with E-state index < -0.39 is 0 Å². The number of nitrogens with zero attached hydrogens (tertiary/aromatic N) is 2. The Morgan fingerprint density at radius 2 is 1.96 bits per heavy atom. The quantitative estimate of drug-likeness (QED) is 0.890. The molecule has 5 heteroatoms. The lowest BCUT2D eigenvalue weighted by Crippen LogP contribution is -2.13. The van der Waals surface area contributed by atoms with E-state index in [2.05, 4.69) is 15.3 Å². The van der Waals surface area contributed by atoms with Gasteiger partial charge in [-0.1, -0.05) is 12.1 Å². The number of carbonyl (C=O) groups is 1. The highest BCUT2D eigenvalue weighted by Crippen LogP contribution is 2.39. The molecule has 0 radical (unpaired) electrons. The maximum Gasteiger partial charge on any atom is 0.255 e. The zero-order chi connectivity index (χ0) is 18.1. The number of hydrogen-bond acceptors (Lipinski definition) is 4. The minimum Gasteiger partial charge on any atom is -0.327 e. The summed E-state index contributed by atoms with van der Waals surface area (Å²) in [5.41, 5.74) is 10.5. The lowest BCUT2D eigenvalue weighted by Gasteiger charge is -2.10. The summed E-state index contributed by atoms with van der Waals surface area (Å²) >= 11 is 0. The van der Waals surface area contributed by atoms with E-state index in [4.69, 9.17) is 5.73 Å². The van der Waals surface area contributed by atoms with Crippen LogP contribution in [0.3, 0.4) is 0 Å². The molecule has 2 unspecified atom stereocenters. The molecule has 3 N–H and O–H groups in total. The molecular weight excluding hydrogens is 324 g/mol. The predicted octanol–water partition coefficient (Wildman–Crippen LogP) is 3.36. The number of nitrogens with two attached hydrogens (primary N) is 1. The number of nitrogens with one attached hydrogen (secondary N) is 1. The van der Waals surface area contributed by atoms with Gasteiger partial charge in [-0.25, -0.2) is 4.99 Å². The van der Waals surface area contributed by atoms with Gasteiger partial charge < -0.3 is 11.1 Å². The van der Waals surface area contributed by atoms with E-state index in [1.54, 1.807) is 0 Å². The Kier molecular flexibility index (Phi) is 4.39. The van der Waals surface area contributed by atoms with Gasteiger partial charge in [0.05, 0.1) is 0 Å². The first-order valence-electron chi connectivity index (χ1n) is 8.96. The molecule has 1 aliphatic carbocycles. The first-order valence-corrected chi connectivity index (χ1v) is 8.96. The Balaban J connectivity index is 1.46. The number of rotatable bonds is 4. The van der Waals surface area contributed by atoms with Gasteiger partial charge in [-0.2, -0.15) is 0 Å². The highest BCUT2D eigenvalue weighted by atomic mass is 16.1. The summed E-state index contributed by atoms with van der Waals surface area (Å²) in [6, 6.07) is 15.6. The molecule has 1 aliphatic heterocycles. The molecule has 2 aliphatic rings. The van der Waals surface area contributed by atoms with E-state index in [1.807, 2.05) is 55.5 Å². The van der Waals surface area contributed by atoms with Gasteiger partial charge in [0.1, 0.15) is 0 Å². The fourth-order valence-electron chi connectivity index (χ4n) is 3.17. The largest absolute Gasteiger partial charge is 0.327 e. The van der Waals surface area contributed by atoms with Gasteiger partial charge in [0.2, 0.25) is 0 Å². The second kappa shape index (κ2) is 6.84. The van der Waals surface area contributed by atoms with Crippen molar-refractivity contribution >= 4 is 23.1 Å². The number of carbonyl (C=O) groups excluding carboxylic acids is 1. The summed E-state index contributed by atoms with van der Waals surface area (Å²) in [7, 11) is 0. The van der Waals surface area contributed by atoms with Crippen LogP contribution >= 0.6 is 0 Å². The average molecular weight is 346 g/mol. The second-order valence-electron chi connectivity index (χ2n) is 6.97. The monoisotopic (exact) mass is 346 g/mol. The van der Waals surface area contributed by atoms with Crippen LogP contribution < -0.4 is 11.1 Å². The molecule has 132 valence electrons. The standard InChI is InChI=1S/C21H22N4O/c1-13-9-10-23-20(24-13)14-5-7-17(8-6-14)25-21(26)16-4-2-3-15(11-16)18-12-19(18)22/h2-8,11,18-19H,9-10,12,22H2,1H3,(H,25,26). The highest BCUT2D eigenvalue weighted by Gasteiger charge is 2.34. The van der Waals surface area contributed by atoms with Crippen molar-refractivity contribution in [2.75, 3.05) is 11.9 Å². The molecule has 0 bridgehead atoms. The Bertz CT molecular complexity index is 898. The first kappa shape index (κ1) is 16.7. The molecule has 0 spiro atoms. The molecule has 5 nitrogen and oxygen atoms in total. The van der Waals surface area contributed by atoms with Crippen LogP contribution in [0.1, 0.15) is 47.2 Å². The predicted molar refractivity (Wildman–Crippen MR) is 105 cm³/mol. The fourth-order valence-corrected chi connectivity index (χ4v) is 3.17. The van der Waals surface area contributed by atoms with Crippen molar-refractivity contribution in [3.05, 3.63) is 65.2 Å². The second-order valence-corrected chi connectivity index (χ2v) is 6.97. The molecule has 0 aromatic heterocycles. The number of amides is 1. The van der Waals surface area contributed by atoms with E-state index in [9.17, 15) is 4.79 Å². The van der Waals surface area contributed by atoms with Gasteiger partial charge in [0, 0.05) is 47.5 Å². The van der Waals surface area contributed by atoms with Gasteiger partial charge >= 0.3 is 0 Å². The summed E-state index contributed by atoms with van der Waals surface area (Å²) in [4.78, 5) is 21.5. The van der Waals surface area contributed by atoms with E-state index in [-0.39, 0.29) is 11.9 Å². The van der Waals surface area contributed by atoms with Crippen LogP contribution in [0.2, 0.25) is 0 Å². The van der Waals surface area contributed by atoms with Crippen LogP contribution in [0.15, 0.2) is 58.5 Å². The summed E-state index contributed by atoms with van der Waals surface area (Å²) in [5.74, 6) is 1.04. The zero-order valence-electron chi connectivity index (χ0n) is 14.8. The van der Waals surface area contributed by atoms with Crippen LogP contribution in [0.25, 0.3) is 0 Å². The van der Waals surface area contributed by atoms with Crippen LogP contribution in [-0.4, -0.2) is 30.0 Å². The van der Waals surface area contributed by atoms with Crippen LogP contribution in [0.5, 0.6) is 0 Å². The summed E-state index contributed by atoms with van der Waals surface area (Å²) in [5, 5.41) is 2.95. The fraction of sp³-hybridized carbons (Fsp3) is 0.286. The van der Waals surface area contributed by atoms with Crippen molar-refractivity contribution in [2.45, 2.75) is 31.7 Å². The Morgan fingerprint density at radius 3 is 2.65 bits per heavy atom. The maximum atomic E-state index is 12.5. The van der Waals surface area contributed by atoms with Gasteiger partial charge in [0.25, 0.3) is 5.91 Å². The van der Waals surface area contributed by atoms with Crippen molar-refractivity contribution in [1.29, 1.82) is 0 Å². The summed E-state index contributed by atoms with van der Waals surface area (Å²) in [6.45, 7) is 2.80. The third-order valence-corrected chi connectivity index (χ3v) is 4.85. The smallest absolute Gasteiger partial charge is 0.255 e. The summed E-state index contributed by atoms with van der Waals surface area (Å²) < 4.78 is 0. The van der Waals surface area contributed by atoms with Gasteiger partial charge in [0.15, 0.2) is 5.84 Å².